The molecular formula is C13H21NO2. The van der Waals surface area contributed by atoms with E-state index in [1.165, 1.54) is 0 Å². The van der Waals surface area contributed by atoms with Gasteiger partial charge in [0.25, 0.3) is 0 Å². The van der Waals surface area contributed by atoms with E-state index in [2.05, 4.69) is 12.2 Å². The molecule has 0 aromatic heterocycles. The first-order chi connectivity index (χ1) is 7.77. The Bertz CT molecular complexity index is 284. The third-order valence-electron chi connectivity index (χ3n) is 2.33. The fraction of sp³-hybridized carbons (Fsp3) is 0.538. The van der Waals surface area contributed by atoms with Crippen LogP contribution in [0.3, 0.4) is 0 Å². The summed E-state index contributed by atoms with van der Waals surface area (Å²) in [5, 5.41) is 12.9. The second-order valence-electron chi connectivity index (χ2n) is 3.74. The van der Waals surface area contributed by atoms with Crippen LogP contribution in [-0.2, 0) is 0 Å². The van der Waals surface area contributed by atoms with Gasteiger partial charge in [-0.3, -0.25) is 0 Å². The van der Waals surface area contributed by atoms with Gasteiger partial charge in [0.05, 0.1) is 12.7 Å². The van der Waals surface area contributed by atoms with Crippen molar-refractivity contribution in [1.29, 1.82) is 0 Å². The maximum Gasteiger partial charge on any atom is 0.119 e. The van der Waals surface area contributed by atoms with E-state index in [0.29, 0.717) is 6.54 Å². The average molecular weight is 223 g/mol. The average Bonchev–Trinajstić information content (AvgIpc) is 2.34. The number of hydrogen-bond acceptors (Lipinski definition) is 3. The molecule has 0 saturated heterocycles. The summed E-state index contributed by atoms with van der Waals surface area (Å²) in [5.41, 5.74) is 0.921. The van der Waals surface area contributed by atoms with Crippen LogP contribution < -0.4 is 10.1 Å². The molecule has 0 amide bonds. The Balaban J connectivity index is 2.49. The van der Waals surface area contributed by atoms with Gasteiger partial charge in [-0.05, 0) is 30.7 Å². The molecule has 0 aliphatic heterocycles. The first-order valence-corrected chi connectivity index (χ1v) is 5.89. The molecule has 0 saturated carbocycles. The molecule has 0 fully saturated rings. The first kappa shape index (κ1) is 13.0. The zero-order valence-corrected chi connectivity index (χ0v) is 10.1. The summed E-state index contributed by atoms with van der Waals surface area (Å²) in [7, 11) is 0. The molecule has 0 spiro atoms. The van der Waals surface area contributed by atoms with Gasteiger partial charge in [-0.1, -0.05) is 26.0 Å². The minimum Gasteiger partial charge on any atom is -0.494 e. The minimum atomic E-state index is -0.444. The number of benzene rings is 1. The highest BCUT2D eigenvalue weighted by Gasteiger charge is 2.06. The Morgan fingerprint density at radius 3 is 2.50 bits per heavy atom. The zero-order chi connectivity index (χ0) is 11.8. The molecule has 0 heterocycles. The summed E-state index contributed by atoms with van der Waals surface area (Å²) in [5.74, 6) is 0.862. The fourth-order valence-corrected chi connectivity index (χ4v) is 1.41. The lowest BCUT2D eigenvalue weighted by Crippen LogP contribution is -2.20. The standard InChI is InChI=1S/C13H21NO2/c1-3-9-16-12-7-5-11(6-8-12)13(15)10-14-4-2/h5-8,13-15H,3-4,9-10H2,1-2H3. The Morgan fingerprint density at radius 2 is 1.94 bits per heavy atom. The third kappa shape index (κ3) is 4.21. The number of rotatable bonds is 7. The molecule has 16 heavy (non-hydrogen) atoms. The van der Waals surface area contributed by atoms with Crippen LogP contribution in [0.25, 0.3) is 0 Å². The van der Waals surface area contributed by atoms with Gasteiger partial charge in [0.15, 0.2) is 0 Å². The highest BCUT2D eigenvalue weighted by Crippen LogP contribution is 2.17. The molecule has 1 aromatic carbocycles. The number of ether oxygens (including phenoxy) is 1. The van der Waals surface area contributed by atoms with E-state index in [1.807, 2.05) is 31.2 Å². The van der Waals surface area contributed by atoms with Crippen LogP contribution >= 0.6 is 0 Å². The molecule has 1 unspecified atom stereocenters. The number of hydrogen-bond donors (Lipinski definition) is 2. The molecule has 3 heteroatoms. The van der Waals surface area contributed by atoms with E-state index in [4.69, 9.17) is 4.74 Å². The van der Waals surface area contributed by atoms with Gasteiger partial charge in [0.1, 0.15) is 5.75 Å². The van der Waals surface area contributed by atoms with Crippen molar-refractivity contribution in [2.45, 2.75) is 26.4 Å². The molecule has 0 radical (unpaired) electrons. The summed E-state index contributed by atoms with van der Waals surface area (Å²) in [6.45, 7) is 6.29. The SMILES string of the molecule is CCCOc1ccc(C(O)CNCC)cc1. The van der Waals surface area contributed by atoms with Crippen molar-refractivity contribution in [2.24, 2.45) is 0 Å². The molecule has 0 bridgehead atoms. The normalized spacial score (nSPS) is 12.4. The molecule has 1 atom stereocenters. The van der Waals surface area contributed by atoms with Crippen LogP contribution in [0.4, 0.5) is 0 Å². The second kappa shape index (κ2) is 7.25. The molecule has 1 rings (SSSR count). The fourth-order valence-electron chi connectivity index (χ4n) is 1.41. The van der Waals surface area contributed by atoms with E-state index in [1.54, 1.807) is 0 Å². The molecule has 1 aromatic rings. The smallest absolute Gasteiger partial charge is 0.119 e. The van der Waals surface area contributed by atoms with Gasteiger partial charge in [-0.15, -0.1) is 0 Å². The summed E-state index contributed by atoms with van der Waals surface area (Å²) >= 11 is 0. The van der Waals surface area contributed by atoms with Crippen LogP contribution in [0.2, 0.25) is 0 Å². The summed E-state index contributed by atoms with van der Waals surface area (Å²) < 4.78 is 5.47. The monoisotopic (exact) mass is 223 g/mol. The van der Waals surface area contributed by atoms with Gasteiger partial charge in [0.2, 0.25) is 0 Å². The molecule has 0 aliphatic rings. The van der Waals surface area contributed by atoms with E-state index < -0.39 is 6.10 Å². The minimum absolute atomic E-state index is 0.444. The molecule has 90 valence electrons. The predicted molar refractivity (Wildman–Crippen MR) is 65.7 cm³/mol. The zero-order valence-electron chi connectivity index (χ0n) is 10.1. The van der Waals surface area contributed by atoms with Crippen molar-refractivity contribution in [1.82, 2.24) is 5.32 Å². The van der Waals surface area contributed by atoms with Gasteiger partial charge < -0.3 is 15.2 Å². The van der Waals surface area contributed by atoms with Crippen molar-refractivity contribution in [3.63, 3.8) is 0 Å². The van der Waals surface area contributed by atoms with Crippen molar-refractivity contribution in [3.05, 3.63) is 29.8 Å². The lowest BCUT2D eigenvalue weighted by molar-refractivity contribution is 0.175. The Hall–Kier alpha value is -1.06. The Kier molecular flexibility index (Phi) is 5.90. The van der Waals surface area contributed by atoms with Crippen LogP contribution in [0.15, 0.2) is 24.3 Å². The number of aliphatic hydroxyl groups is 1. The summed E-state index contributed by atoms with van der Waals surface area (Å²) in [6, 6.07) is 7.63. The summed E-state index contributed by atoms with van der Waals surface area (Å²) in [4.78, 5) is 0. The van der Waals surface area contributed by atoms with Crippen molar-refractivity contribution >= 4 is 0 Å². The second-order valence-corrected chi connectivity index (χ2v) is 3.74. The van der Waals surface area contributed by atoms with E-state index in [0.717, 1.165) is 30.9 Å². The highest BCUT2D eigenvalue weighted by molar-refractivity contribution is 5.28. The van der Waals surface area contributed by atoms with Crippen LogP contribution in [-0.4, -0.2) is 24.8 Å². The van der Waals surface area contributed by atoms with Crippen molar-refractivity contribution in [3.8, 4) is 5.75 Å². The topological polar surface area (TPSA) is 41.5 Å². The number of likely N-dealkylation sites (N-methyl/N-ethyl adjacent to an activating group) is 1. The van der Waals surface area contributed by atoms with Crippen molar-refractivity contribution < 1.29 is 9.84 Å². The van der Waals surface area contributed by atoms with E-state index in [9.17, 15) is 5.11 Å². The van der Waals surface area contributed by atoms with Gasteiger partial charge in [0, 0.05) is 6.54 Å². The number of aliphatic hydroxyl groups excluding tert-OH is 1. The lowest BCUT2D eigenvalue weighted by Gasteiger charge is -2.12. The van der Waals surface area contributed by atoms with E-state index in [-0.39, 0.29) is 0 Å². The third-order valence-corrected chi connectivity index (χ3v) is 2.33. The van der Waals surface area contributed by atoms with Gasteiger partial charge in [-0.25, -0.2) is 0 Å². The van der Waals surface area contributed by atoms with E-state index >= 15 is 0 Å². The lowest BCUT2D eigenvalue weighted by atomic mass is 10.1. The first-order valence-electron chi connectivity index (χ1n) is 5.89. The molecule has 3 nitrogen and oxygen atoms in total. The van der Waals surface area contributed by atoms with Crippen molar-refractivity contribution in [2.75, 3.05) is 19.7 Å². The van der Waals surface area contributed by atoms with Gasteiger partial charge >= 0.3 is 0 Å². The Labute approximate surface area is 97.4 Å². The molecular weight excluding hydrogens is 202 g/mol. The highest BCUT2D eigenvalue weighted by atomic mass is 16.5. The molecule has 2 N–H and O–H groups in total. The van der Waals surface area contributed by atoms with Gasteiger partial charge in [-0.2, -0.15) is 0 Å². The summed E-state index contributed by atoms with van der Waals surface area (Å²) in [6.07, 6.45) is 0.560. The van der Waals surface area contributed by atoms with Crippen LogP contribution in [0.1, 0.15) is 31.9 Å². The van der Waals surface area contributed by atoms with Crippen LogP contribution in [0, 0.1) is 0 Å². The molecule has 0 aliphatic carbocycles. The quantitative estimate of drug-likeness (QED) is 0.744. The maximum atomic E-state index is 9.82. The number of nitrogens with one attached hydrogen (secondary N) is 1. The van der Waals surface area contributed by atoms with Crippen LogP contribution in [0.5, 0.6) is 5.75 Å². The maximum absolute atomic E-state index is 9.82. The predicted octanol–water partition coefficient (Wildman–Crippen LogP) is 2.12. The largest absolute Gasteiger partial charge is 0.494 e. The Morgan fingerprint density at radius 1 is 1.25 bits per heavy atom.